The molecule has 2 N–H and O–H groups in total. The molecule has 0 saturated heterocycles. The third-order valence-electron chi connectivity index (χ3n) is 3.23. The lowest BCUT2D eigenvalue weighted by Gasteiger charge is -2.35. The summed E-state index contributed by atoms with van der Waals surface area (Å²) in [5, 5.41) is 0. The van der Waals surface area contributed by atoms with Gasteiger partial charge >= 0.3 is 5.97 Å². The minimum atomic E-state index is -0.510. The fourth-order valence-corrected chi connectivity index (χ4v) is 2.11. The van der Waals surface area contributed by atoms with Crippen molar-refractivity contribution in [2.75, 3.05) is 12.8 Å². The van der Waals surface area contributed by atoms with Crippen molar-refractivity contribution in [1.29, 1.82) is 0 Å². The van der Waals surface area contributed by atoms with Gasteiger partial charge in [-0.1, -0.05) is 0 Å². The molecule has 1 aromatic rings. The molecule has 1 saturated carbocycles. The fourth-order valence-electron chi connectivity index (χ4n) is 2.11. The molecule has 90 valence electrons. The van der Waals surface area contributed by atoms with Crippen LogP contribution < -0.4 is 15.2 Å². The van der Waals surface area contributed by atoms with Crippen LogP contribution in [0.15, 0.2) is 12.1 Å². The highest BCUT2D eigenvalue weighted by molar-refractivity contribution is 5.96. The second-order valence-corrected chi connectivity index (χ2v) is 4.35. The maximum atomic E-state index is 11.5. The summed E-state index contributed by atoms with van der Waals surface area (Å²) in [6.07, 6.45) is 2.83. The Morgan fingerprint density at radius 2 is 2.00 bits per heavy atom. The van der Waals surface area contributed by atoms with Gasteiger partial charge in [-0.3, -0.25) is 0 Å². The van der Waals surface area contributed by atoms with E-state index in [-0.39, 0.29) is 0 Å². The molecule has 1 spiro atoms. The average molecular weight is 235 g/mol. The lowest BCUT2D eigenvalue weighted by Crippen LogP contribution is -2.45. The maximum absolute atomic E-state index is 11.5. The van der Waals surface area contributed by atoms with Crippen LogP contribution in [-0.2, 0) is 4.74 Å². The number of anilines is 1. The van der Waals surface area contributed by atoms with Crippen molar-refractivity contribution < 1.29 is 19.0 Å². The van der Waals surface area contributed by atoms with E-state index >= 15 is 0 Å². The highest BCUT2D eigenvalue weighted by Gasteiger charge is 2.47. The monoisotopic (exact) mass is 235 g/mol. The van der Waals surface area contributed by atoms with Crippen molar-refractivity contribution >= 4 is 11.7 Å². The number of nitrogen functional groups attached to an aromatic ring is 1. The Kier molecular flexibility index (Phi) is 1.98. The second-order valence-electron chi connectivity index (χ2n) is 4.35. The molecular weight excluding hydrogens is 222 g/mol. The van der Waals surface area contributed by atoms with Crippen molar-refractivity contribution in [3.8, 4) is 11.5 Å². The molecule has 0 atom stereocenters. The highest BCUT2D eigenvalue weighted by atomic mass is 16.7. The number of ether oxygens (including phenoxy) is 3. The van der Waals surface area contributed by atoms with Gasteiger partial charge in [0.2, 0.25) is 0 Å². The van der Waals surface area contributed by atoms with Gasteiger partial charge in [-0.25, -0.2) is 4.79 Å². The van der Waals surface area contributed by atoms with Crippen LogP contribution in [0.2, 0.25) is 0 Å². The third kappa shape index (κ3) is 1.42. The summed E-state index contributed by atoms with van der Waals surface area (Å²) in [7, 11) is 1.32. The Morgan fingerprint density at radius 3 is 2.53 bits per heavy atom. The number of methoxy groups -OCH3 is 1. The number of carbonyl (C=O) groups is 1. The van der Waals surface area contributed by atoms with Crippen molar-refractivity contribution in [2.24, 2.45) is 0 Å². The van der Waals surface area contributed by atoms with Crippen molar-refractivity contribution in [2.45, 2.75) is 25.0 Å². The largest absolute Gasteiger partial charge is 0.465 e. The molecule has 2 aliphatic rings. The Bertz CT molecular complexity index is 494. The lowest BCUT2D eigenvalue weighted by atomic mass is 9.91. The lowest BCUT2D eigenvalue weighted by molar-refractivity contribution is -0.138. The molecule has 0 aromatic heterocycles. The summed E-state index contributed by atoms with van der Waals surface area (Å²) in [5.74, 6) is 0.196. The number of esters is 1. The van der Waals surface area contributed by atoms with Crippen LogP contribution in [0.1, 0.15) is 29.6 Å². The SMILES string of the molecule is COC(=O)c1cc2c(cc1N)OC1(CCC1)O2. The molecule has 1 fully saturated rings. The standard InChI is InChI=1S/C12H13NO4/c1-15-11(14)7-5-9-10(6-8(7)13)17-12(16-9)3-2-4-12/h5-6H,2-4,13H2,1H3. The Morgan fingerprint density at radius 1 is 1.35 bits per heavy atom. The quantitative estimate of drug-likeness (QED) is 0.592. The van der Waals surface area contributed by atoms with Gasteiger partial charge in [-0.2, -0.15) is 0 Å². The highest BCUT2D eigenvalue weighted by Crippen LogP contribution is 2.49. The first kappa shape index (κ1) is 10.3. The summed E-state index contributed by atoms with van der Waals surface area (Å²) < 4.78 is 16.1. The van der Waals surface area contributed by atoms with Crippen molar-refractivity contribution in [3.05, 3.63) is 17.7 Å². The minimum absolute atomic E-state index is 0.311. The second kappa shape index (κ2) is 3.29. The van der Waals surface area contributed by atoms with Crippen LogP contribution in [-0.4, -0.2) is 18.9 Å². The van der Waals surface area contributed by atoms with E-state index in [4.69, 9.17) is 15.2 Å². The summed E-state index contributed by atoms with van der Waals surface area (Å²) in [6.45, 7) is 0. The van der Waals surface area contributed by atoms with Gasteiger partial charge in [0.05, 0.1) is 18.4 Å². The number of fused-ring (bicyclic) bond motifs is 1. The Balaban J connectivity index is 1.98. The third-order valence-corrected chi connectivity index (χ3v) is 3.23. The van der Waals surface area contributed by atoms with E-state index in [0.29, 0.717) is 22.7 Å². The van der Waals surface area contributed by atoms with E-state index in [1.165, 1.54) is 7.11 Å². The van der Waals surface area contributed by atoms with Crippen LogP contribution >= 0.6 is 0 Å². The summed E-state index contributed by atoms with van der Waals surface area (Å²) >= 11 is 0. The summed E-state index contributed by atoms with van der Waals surface area (Å²) in [4.78, 5) is 11.5. The molecule has 3 rings (SSSR count). The van der Waals surface area contributed by atoms with E-state index in [0.717, 1.165) is 19.3 Å². The molecule has 0 amide bonds. The molecule has 0 unspecified atom stereocenters. The number of rotatable bonds is 1. The number of hydrogen-bond donors (Lipinski definition) is 1. The van der Waals surface area contributed by atoms with Gasteiger partial charge in [0.25, 0.3) is 5.79 Å². The zero-order valence-electron chi connectivity index (χ0n) is 9.49. The molecule has 1 aromatic carbocycles. The molecule has 1 aliphatic carbocycles. The molecule has 5 nitrogen and oxygen atoms in total. The zero-order chi connectivity index (χ0) is 12.0. The topological polar surface area (TPSA) is 70.8 Å². The first-order valence-electron chi connectivity index (χ1n) is 5.53. The number of benzene rings is 1. The van der Waals surface area contributed by atoms with Gasteiger partial charge < -0.3 is 19.9 Å². The minimum Gasteiger partial charge on any atom is -0.465 e. The summed E-state index contributed by atoms with van der Waals surface area (Å²) in [6, 6.07) is 3.21. The van der Waals surface area contributed by atoms with Crippen LogP contribution in [0.3, 0.4) is 0 Å². The van der Waals surface area contributed by atoms with E-state index in [1.807, 2.05) is 0 Å². The first-order chi connectivity index (χ1) is 8.13. The average Bonchev–Trinajstić information content (AvgIpc) is 2.65. The normalized spacial score (nSPS) is 18.9. The van der Waals surface area contributed by atoms with E-state index < -0.39 is 11.8 Å². The molecular formula is C12H13NO4. The maximum Gasteiger partial charge on any atom is 0.340 e. The fraction of sp³-hybridized carbons (Fsp3) is 0.417. The number of nitrogens with two attached hydrogens (primary N) is 1. The molecule has 1 aliphatic heterocycles. The smallest absolute Gasteiger partial charge is 0.340 e. The van der Waals surface area contributed by atoms with Crippen molar-refractivity contribution in [1.82, 2.24) is 0 Å². The van der Waals surface area contributed by atoms with Crippen LogP contribution in [0.25, 0.3) is 0 Å². The van der Waals surface area contributed by atoms with E-state index in [9.17, 15) is 4.79 Å². The molecule has 5 heteroatoms. The summed E-state index contributed by atoms with van der Waals surface area (Å²) in [5.41, 5.74) is 6.44. The van der Waals surface area contributed by atoms with Crippen LogP contribution in [0.4, 0.5) is 5.69 Å². The van der Waals surface area contributed by atoms with Gasteiger partial charge in [0.15, 0.2) is 11.5 Å². The zero-order valence-corrected chi connectivity index (χ0v) is 9.49. The predicted molar refractivity (Wildman–Crippen MR) is 60.0 cm³/mol. The van der Waals surface area contributed by atoms with E-state index in [2.05, 4.69) is 4.74 Å². The molecule has 0 bridgehead atoms. The van der Waals surface area contributed by atoms with Gasteiger partial charge in [0.1, 0.15) is 0 Å². The Hall–Kier alpha value is -1.91. The van der Waals surface area contributed by atoms with E-state index in [1.54, 1.807) is 12.1 Å². The first-order valence-corrected chi connectivity index (χ1v) is 5.53. The molecule has 1 heterocycles. The molecule has 0 radical (unpaired) electrons. The Labute approximate surface area is 98.5 Å². The van der Waals surface area contributed by atoms with Gasteiger partial charge in [-0.15, -0.1) is 0 Å². The number of carbonyl (C=O) groups excluding carboxylic acids is 1. The predicted octanol–water partition coefficient (Wildman–Crippen LogP) is 1.71. The molecule has 17 heavy (non-hydrogen) atoms. The van der Waals surface area contributed by atoms with Crippen LogP contribution in [0, 0.1) is 0 Å². The van der Waals surface area contributed by atoms with Gasteiger partial charge in [-0.05, 0) is 6.42 Å². The number of hydrogen-bond acceptors (Lipinski definition) is 5. The van der Waals surface area contributed by atoms with Crippen LogP contribution in [0.5, 0.6) is 11.5 Å². The van der Waals surface area contributed by atoms with Crippen molar-refractivity contribution in [3.63, 3.8) is 0 Å². The van der Waals surface area contributed by atoms with Gasteiger partial charge in [0, 0.05) is 25.0 Å².